The first-order valence-corrected chi connectivity index (χ1v) is 7.22. The van der Waals surface area contributed by atoms with Gasteiger partial charge in [-0.1, -0.05) is 23.9 Å². The Hall–Kier alpha value is -2.34. The number of hydrogen-bond acceptors (Lipinski definition) is 4. The van der Waals surface area contributed by atoms with E-state index in [0.29, 0.717) is 5.03 Å². The van der Waals surface area contributed by atoms with Gasteiger partial charge in [0.15, 0.2) is 0 Å². The Morgan fingerprint density at radius 1 is 1.29 bits per heavy atom. The molecule has 0 atom stereocenters. The summed E-state index contributed by atoms with van der Waals surface area (Å²) < 4.78 is 0. The van der Waals surface area contributed by atoms with E-state index in [1.807, 2.05) is 31.2 Å². The number of carbonyl (C=O) groups is 2. The zero-order valence-electron chi connectivity index (χ0n) is 11.4. The van der Waals surface area contributed by atoms with Crippen LogP contribution in [0.4, 0.5) is 5.69 Å². The number of thioether (sulfide) groups is 1. The number of rotatable bonds is 5. The zero-order chi connectivity index (χ0) is 15.2. The fourth-order valence-corrected chi connectivity index (χ4v) is 2.38. The summed E-state index contributed by atoms with van der Waals surface area (Å²) in [6.45, 7) is 1.95. The van der Waals surface area contributed by atoms with Gasteiger partial charge in [-0.15, -0.1) is 0 Å². The Morgan fingerprint density at radius 2 is 2.10 bits per heavy atom. The third-order valence-electron chi connectivity index (χ3n) is 2.63. The van der Waals surface area contributed by atoms with Crippen molar-refractivity contribution in [1.29, 1.82) is 0 Å². The average molecular weight is 302 g/mol. The molecule has 0 spiro atoms. The lowest BCUT2D eigenvalue weighted by molar-refractivity contribution is -0.113. The van der Waals surface area contributed by atoms with Crippen molar-refractivity contribution in [3.05, 3.63) is 53.7 Å². The molecule has 0 aliphatic carbocycles. The number of pyridine rings is 1. The first-order chi connectivity index (χ1) is 10.0. The van der Waals surface area contributed by atoms with Gasteiger partial charge in [-0.3, -0.25) is 4.79 Å². The lowest BCUT2D eigenvalue weighted by Crippen LogP contribution is -2.14. The molecule has 0 aliphatic heterocycles. The predicted octanol–water partition coefficient (Wildman–Crippen LogP) is 2.82. The molecule has 108 valence electrons. The zero-order valence-corrected chi connectivity index (χ0v) is 12.2. The van der Waals surface area contributed by atoms with E-state index >= 15 is 0 Å². The number of aryl methyl sites for hydroxylation is 1. The van der Waals surface area contributed by atoms with E-state index in [9.17, 15) is 9.59 Å². The van der Waals surface area contributed by atoms with Gasteiger partial charge in [0, 0.05) is 11.9 Å². The maximum atomic E-state index is 11.8. The minimum Gasteiger partial charge on any atom is -0.478 e. The molecule has 0 saturated heterocycles. The molecule has 0 unspecified atom stereocenters. The van der Waals surface area contributed by atoms with Crippen molar-refractivity contribution >= 4 is 29.3 Å². The van der Waals surface area contributed by atoms with Crippen molar-refractivity contribution in [3.8, 4) is 0 Å². The van der Waals surface area contributed by atoms with Crippen LogP contribution in [-0.2, 0) is 4.79 Å². The molecule has 2 N–H and O–H groups in total. The van der Waals surface area contributed by atoms with Gasteiger partial charge >= 0.3 is 5.97 Å². The molecule has 1 aromatic carbocycles. The van der Waals surface area contributed by atoms with Crippen LogP contribution in [0.2, 0.25) is 0 Å². The standard InChI is InChI=1S/C15H14N2O3S/c1-10-3-2-4-12(7-10)17-13(18)9-21-14-8-11(15(19)20)5-6-16-14/h2-8H,9H2,1H3,(H,17,18)(H,19,20). The number of carbonyl (C=O) groups excluding carboxylic acids is 1. The number of carboxylic acids is 1. The maximum Gasteiger partial charge on any atom is 0.335 e. The molecule has 0 saturated carbocycles. The molecular weight excluding hydrogens is 288 g/mol. The number of benzene rings is 1. The lowest BCUT2D eigenvalue weighted by Gasteiger charge is -2.06. The fourth-order valence-electron chi connectivity index (χ4n) is 1.68. The molecule has 21 heavy (non-hydrogen) atoms. The summed E-state index contributed by atoms with van der Waals surface area (Å²) in [5.74, 6) is -0.999. The highest BCUT2D eigenvalue weighted by Gasteiger charge is 2.07. The predicted molar refractivity (Wildman–Crippen MR) is 81.7 cm³/mol. The van der Waals surface area contributed by atoms with Gasteiger partial charge in [-0.05, 0) is 36.8 Å². The van der Waals surface area contributed by atoms with Gasteiger partial charge in [0.05, 0.1) is 16.3 Å². The second kappa shape index (κ2) is 6.90. The molecule has 5 nitrogen and oxygen atoms in total. The SMILES string of the molecule is Cc1cccc(NC(=O)CSc2cc(C(=O)O)ccn2)c1. The van der Waals surface area contributed by atoms with Gasteiger partial charge in [0.25, 0.3) is 0 Å². The van der Waals surface area contributed by atoms with Crippen molar-refractivity contribution < 1.29 is 14.7 Å². The second-order valence-electron chi connectivity index (χ2n) is 4.39. The fraction of sp³-hybridized carbons (Fsp3) is 0.133. The highest BCUT2D eigenvalue weighted by atomic mass is 32.2. The number of amides is 1. The summed E-state index contributed by atoms with van der Waals surface area (Å²) in [6.07, 6.45) is 1.42. The highest BCUT2D eigenvalue weighted by molar-refractivity contribution is 7.99. The van der Waals surface area contributed by atoms with Crippen molar-refractivity contribution in [2.24, 2.45) is 0 Å². The van der Waals surface area contributed by atoms with Crippen molar-refractivity contribution in [3.63, 3.8) is 0 Å². The monoisotopic (exact) mass is 302 g/mol. The van der Waals surface area contributed by atoms with E-state index in [1.165, 1.54) is 30.1 Å². The van der Waals surface area contributed by atoms with Crippen LogP contribution in [0.1, 0.15) is 15.9 Å². The topological polar surface area (TPSA) is 79.3 Å². The lowest BCUT2D eigenvalue weighted by atomic mass is 10.2. The third-order valence-corrected chi connectivity index (χ3v) is 3.56. The number of aromatic nitrogens is 1. The largest absolute Gasteiger partial charge is 0.478 e. The summed E-state index contributed by atoms with van der Waals surface area (Å²) >= 11 is 1.20. The van der Waals surface area contributed by atoms with E-state index in [-0.39, 0.29) is 17.2 Å². The first kappa shape index (κ1) is 15.1. The van der Waals surface area contributed by atoms with E-state index in [4.69, 9.17) is 5.11 Å². The van der Waals surface area contributed by atoms with Crippen LogP contribution in [-0.4, -0.2) is 27.7 Å². The normalized spacial score (nSPS) is 10.1. The number of hydrogen-bond donors (Lipinski definition) is 2. The summed E-state index contributed by atoms with van der Waals surface area (Å²) in [5.41, 5.74) is 1.97. The molecule has 0 radical (unpaired) electrons. The van der Waals surface area contributed by atoms with Crippen LogP contribution in [0.15, 0.2) is 47.6 Å². The Labute approximate surface area is 126 Å². The van der Waals surface area contributed by atoms with Gasteiger partial charge in [0.2, 0.25) is 5.91 Å². The van der Waals surface area contributed by atoms with Crippen LogP contribution in [0, 0.1) is 6.92 Å². The summed E-state index contributed by atoms with van der Waals surface area (Å²) in [5, 5.41) is 12.2. The quantitative estimate of drug-likeness (QED) is 0.830. The van der Waals surface area contributed by atoms with Crippen molar-refractivity contribution in [2.75, 3.05) is 11.1 Å². The Morgan fingerprint density at radius 3 is 2.81 bits per heavy atom. The van der Waals surface area contributed by atoms with Crippen LogP contribution >= 0.6 is 11.8 Å². The van der Waals surface area contributed by atoms with Crippen molar-refractivity contribution in [2.45, 2.75) is 11.9 Å². The molecule has 0 bridgehead atoms. The van der Waals surface area contributed by atoms with Crippen molar-refractivity contribution in [1.82, 2.24) is 4.98 Å². The minimum atomic E-state index is -1.01. The van der Waals surface area contributed by atoms with E-state index in [1.54, 1.807) is 0 Å². The Balaban J connectivity index is 1.92. The molecule has 0 fully saturated rings. The van der Waals surface area contributed by atoms with Crippen LogP contribution in [0.25, 0.3) is 0 Å². The number of aromatic carboxylic acids is 1. The highest BCUT2D eigenvalue weighted by Crippen LogP contribution is 2.17. The van der Waals surface area contributed by atoms with Crippen LogP contribution in [0.5, 0.6) is 0 Å². The van der Waals surface area contributed by atoms with Gasteiger partial charge in [-0.25, -0.2) is 9.78 Å². The van der Waals surface area contributed by atoms with E-state index in [0.717, 1.165) is 11.3 Å². The molecular formula is C15H14N2O3S. The van der Waals surface area contributed by atoms with Gasteiger partial charge in [0.1, 0.15) is 0 Å². The summed E-state index contributed by atoms with van der Waals surface area (Å²) in [7, 11) is 0. The third kappa shape index (κ3) is 4.61. The Bertz CT molecular complexity index is 673. The smallest absolute Gasteiger partial charge is 0.335 e. The molecule has 6 heteroatoms. The second-order valence-corrected chi connectivity index (χ2v) is 5.39. The summed E-state index contributed by atoms with van der Waals surface area (Å²) in [4.78, 5) is 26.7. The maximum absolute atomic E-state index is 11.8. The molecule has 1 amide bonds. The molecule has 1 aromatic heterocycles. The van der Waals surface area contributed by atoms with Crippen LogP contribution < -0.4 is 5.32 Å². The molecule has 2 rings (SSSR count). The van der Waals surface area contributed by atoms with Gasteiger partial charge in [-0.2, -0.15) is 0 Å². The summed E-state index contributed by atoms with van der Waals surface area (Å²) in [6, 6.07) is 10.4. The molecule has 1 heterocycles. The molecule has 2 aromatic rings. The van der Waals surface area contributed by atoms with Gasteiger partial charge < -0.3 is 10.4 Å². The number of anilines is 1. The number of nitrogens with one attached hydrogen (secondary N) is 1. The van der Waals surface area contributed by atoms with E-state index in [2.05, 4.69) is 10.3 Å². The average Bonchev–Trinajstić information content (AvgIpc) is 2.45. The molecule has 0 aliphatic rings. The van der Waals surface area contributed by atoms with Crippen LogP contribution in [0.3, 0.4) is 0 Å². The minimum absolute atomic E-state index is 0.159. The van der Waals surface area contributed by atoms with E-state index < -0.39 is 5.97 Å². The Kier molecular flexibility index (Phi) is 4.94. The number of carboxylic acid groups (broad SMARTS) is 1. The number of nitrogens with zero attached hydrogens (tertiary/aromatic N) is 1. The first-order valence-electron chi connectivity index (χ1n) is 6.23.